The molecular weight excluding hydrogens is 373 g/mol. The number of rotatable bonds is 5. The topological polar surface area (TPSA) is 74.1 Å². The van der Waals surface area contributed by atoms with Crippen molar-refractivity contribution >= 4 is 23.4 Å². The maximum atomic E-state index is 13.4. The number of hydrogen-bond donors (Lipinski definition) is 0. The van der Waals surface area contributed by atoms with Crippen molar-refractivity contribution in [1.82, 2.24) is 14.5 Å². The van der Waals surface area contributed by atoms with Crippen LogP contribution < -0.4 is 0 Å². The van der Waals surface area contributed by atoms with Crippen LogP contribution in [0, 0.1) is 19.7 Å². The highest BCUT2D eigenvalue weighted by atomic mass is 35.5. The summed E-state index contributed by atoms with van der Waals surface area (Å²) in [5.74, 6) is -1.61. The molecule has 3 rings (SSSR count). The first kappa shape index (κ1) is 18.7. The van der Waals surface area contributed by atoms with E-state index in [1.807, 2.05) is 6.92 Å². The van der Waals surface area contributed by atoms with E-state index in [4.69, 9.17) is 16.3 Å². The smallest absolute Gasteiger partial charge is 0.358 e. The van der Waals surface area contributed by atoms with Crippen molar-refractivity contribution in [3.8, 4) is 5.69 Å². The van der Waals surface area contributed by atoms with Gasteiger partial charge < -0.3 is 9.30 Å². The van der Waals surface area contributed by atoms with Crippen molar-refractivity contribution in [3.63, 3.8) is 0 Å². The van der Waals surface area contributed by atoms with E-state index in [0.717, 1.165) is 5.69 Å². The molecule has 0 amide bonds. The van der Waals surface area contributed by atoms with E-state index in [0.29, 0.717) is 16.9 Å². The maximum Gasteiger partial charge on any atom is 0.358 e. The van der Waals surface area contributed by atoms with Gasteiger partial charge in [0, 0.05) is 35.0 Å². The van der Waals surface area contributed by atoms with Gasteiger partial charge >= 0.3 is 5.97 Å². The fourth-order valence-corrected chi connectivity index (χ4v) is 2.93. The second-order valence-corrected chi connectivity index (χ2v) is 6.22. The highest BCUT2D eigenvalue weighted by Gasteiger charge is 2.19. The number of halogens is 2. The zero-order valence-corrected chi connectivity index (χ0v) is 15.3. The molecule has 3 aromatic rings. The van der Waals surface area contributed by atoms with Crippen LogP contribution in [0.4, 0.5) is 4.39 Å². The summed E-state index contributed by atoms with van der Waals surface area (Å²) in [6.07, 6.45) is 4.05. The SMILES string of the molecule is Cc1cc(C(=O)COC(=O)c2cnccn2)c(C)n1-c1ccc(F)c(Cl)c1. The van der Waals surface area contributed by atoms with E-state index in [-0.39, 0.29) is 16.5 Å². The summed E-state index contributed by atoms with van der Waals surface area (Å²) in [7, 11) is 0. The van der Waals surface area contributed by atoms with Gasteiger partial charge in [0.05, 0.1) is 11.2 Å². The van der Waals surface area contributed by atoms with E-state index in [1.165, 1.54) is 30.7 Å². The number of carbonyl (C=O) groups excluding carboxylic acids is 2. The molecule has 2 heterocycles. The number of aryl methyl sites for hydroxylation is 1. The molecule has 0 radical (unpaired) electrons. The second-order valence-electron chi connectivity index (χ2n) is 5.81. The Kier molecular flexibility index (Phi) is 5.32. The summed E-state index contributed by atoms with van der Waals surface area (Å²) in [6.45, 7) is 3.14. The van der Waals surface area contributed by atoms with Crippen molar-refractivity contribution in [2.24, 2.45) is 0 Å². The average molecular weight is 388 g/mol. The number of hydrogen-bond acceptors (Lipinski definition) is 5. The van der Waals surface area contributed by atoms with Crippen LogP contribution in [-0.2, 0) is 4.74 Å². The molecule has 0 fully saturated rings. The summed E-state index contributed by atoms with van der Waals surface area (Å²) in [5, 5.41) is -0.00854. The molecule has 0 N–H and O–H groups in total. The van der Waals surface area contributed by atoms with Gasteiger partial charge in [-0.05, 0) is 38.1 Å². The van der Waals surface area contributed by atoms with Crippen LogP contribution in [0.3, 0.4) is 0 Å². The molecule has 0 aliphatic heterocycles. The van der Waals surface area contributed by atoms with Crippen molar-refractivity contribution in [1.29, 1.82) is 0 Å². The minimum atomic E-state index is -0.726. The zero-order chi connectivity index (χ0) is 19.6. The molecule has 2 aromatic heterocycles. The van der Waals surface area contributed by atoms with E-state index < -0.39 is 18.4 Å². The monoisotopic (exact) mass is 387 g/mol. The molecular formula is C19H15ClFN3O3. The predicted molar refractivity (Wildman–Crippen MR) is 96.9 cm³/mol. The summed E-state index contributed by atoms with van der Waals surface area (Å²) in [4.78, 5) is 32.0. The molecule has 0 aliphatic carbocycles. The number of ketones is 1. The van der Waals surface area contributed by atoms with Crippen LogP contribution in [-0.4, -0.2) is 32.9 Å². The minimum absolute atomic E-state index is 0.00854. The van der Waals surface area contributed by atoms with Crippen LogP contribution in [0.25, 0.3) is 5.69 Å². The first-order valence-corrected chi connectivity index (χ1v) is 8.37. The Balaban J connectivity index is 1.80. The number of aromatic nitrogens is 3. The summed E-state index contributed by atoms with van der Waals surface area (Å²) < 4.78 is 20.2. The number of carbonyl (C=O) groups is 2. The zero-order valence-electron chi connectivity index (χ0n) is 14.6. The summed E-state index contributed by atoms with van der Waals surface area (Å²) in [5.41, 5.74) is 2.46. The maximum absolute atomic E-state index is 13.4. The highest BCUT2D eigenvalue weighted by molar-refractivity contribution is 6.30. The first-order chi connectivity index (χ1) is 12.9. The molecule has 0 saturated heterocycles. The lowest BCUT2D eigenvalue weighted by atomic mass is 10.1. The molecule has 8 heteroatoms. The number of Topliss-reactive ketones (excluding diaryl/α,β-unsaturated/α-hetero) is 1. The fraction of sp³-hybridized carbons (Fsp3) is 0.158. The fourth-order valence-electron chi connectivity index (χ4n) is 2.75. The normalized spacial score (nSPS) is 10.7. The molecule has 0 spiro atoms. The largest absolute Gasteiger partial charge is 0.453 e. The third kappa shape index (κ3) is 3.88. The van der Waals surface area contributed by atoms with E-state index in [1.54, 1.807) is 23.6 Å². The lowest BCUT2D eigenvalue weighted by molar-refractivity contribution is 0.0468. The number of benzene rings is 1. The van der Waals surface area contributed by atoms with Crippen LogP contribution in [0.15, 0.2) is 42.9 Å². The summed E-state index contributed by atoms with van der Waals surface area (Å²) in [6, 6.07) is 6.01. The lowest BCUT2D eigenvalue weighted by Gasteiger charge is -2.10. The third-order valence-electron chi connectivity index (χ3n) is 4.00. The van der Waals surface area contributed by atoms with Crippen molar-refractivity contribution in [2.75, 3.05) is 6.61 Å². The van der Waals surface area contributed by atoms with Gasteiger partial charge in [-0.15, -0.1) is 0 Å². The van der Waals surface area contributed by atoms with E-state index in [2.05, 4.69) is 9.97 Å². The number of ether oxygens (including phenoxy) is 1. The van der Waals surface area contributed by atoms with Gasteiger partial charge in [0.15, 0.2) is 12.3 Å². The first-order valence-electron chi connectivity index (χ1n) is 7.99. The van der Waals surface area contributed by atoms with Crippen LogP contribution in [0.2, 0.25) is 5.02 Å². The Hall–Kier alpha value is -3.06. The Morgan fingerprint density at radius 2 is 2.00 bits per heavy atom. The van der Waals surface area contributed by atoms with E-state index >= 15 is 0 Å². The molecule has 138 valence electrons. The second kappa shape index (κ2) is 7.67. The average Bonchev–Trinajstić information content (AvgIpc) is 2.97. The highest BCUT2D eigenvalue weighted by Crippen LogP contribution is 2.25. The predicted octanol–water partition coefficient (Wildman–Crippen LogP) is 3.72. The molecule has 6 nitrogen and oxygen atoms in total. The molecule has 0 aliphatic rings. The minimum Gasteiger partial charge on any atom is -0.453 e. The van der Waals surface area contributed by atoms with Crippen molar-refractivity contribution < 1.29 is 18.7 Å². The lowest BCUT2D eigenvalue weighted by Crippen LogP contribution is -2.16. The standard InChI is InChI=1S/C19H15ClFN3O3/c1-11-7-14(12(2)24(11)13-3-4-16(21)15(20)8-13)18(25)10-27-19(26)17-9-22-5-6-23-17/h3-9H,10H2,1-2H3. The van der Waals surface area contributed by atoms with Gasteiger partial charge in [0.2, 0.25) is 5.78 Å². The van der Waals surface area contributed by atoms with E-state index in [9.17, 15) is 14.0 Å². The van der Waals surface area contributed by atoms with Gasteiger partial charge in [-0.3, -0.25) is 9.78 Å². The Bertz CT molecular complexity index is 1020. The van der Waals surface area contributed by atoms with Gasteiger partial charge in [0.25, 0.3) is 0 Å². The molecule has 0 unspecified atom stereocenters. The Morgan fingerprint density at radius 1 is 1.22 bits per heavy atom. The number of nitrogens with zero attached hydrogens (tertiary/aromatic N) is 3. The van der Waals surface area contributed by atoms with Gasteiger partial charge in [0.1, 0.15) is 5.82 Å². The molecule has 1 aromatic carbocycles. The molecule has 27 heavy (non-hydrogen) atoms. The Labute approximate surface area is 159 Å². The van der Waals surface area contributed by atoms with Crippen LogP contribution in [0.5, 0.6) is 0 Å². The van der Waals surface area contributed by atoms with Crippen molar-refractivity contribution in [2.45, 2.75) is 13.8 Å². The third-order valence-corrected chi connectivity index (χ3v) is 4.29. The van der Waals surface area contributed by atoms with Gasteiger partial charge in [-0.25, -0.2) is 14.2 Å². The van der Waals surface area contributed by atoms with Crippen molar-refractivity contribution in [3.05, 3.63) is 76.3 Å². The van der Waals surface area contributed by atoms with Gasteiger partial charge in [-0.2, -0.15) is 0 Å². The molecule has 0 bridgehead atoms. The quantitative estimate of drug-likeness (QED) is 0.492. The molecule has 0 saturated carbocycles. The van der Waals surface area contributed by atoms with Crippen LogP contribution >= 0.6 is 11.6 Å². The summed E-state index contributed by atoms with van der Waals surface area (Å²) >= 11 is 5.86. The van der Waals surface area contributed by atoms with Gasteiger partial charge in [-0.1, -0.05) is 11.6 Å². The Morgan fingerprint density at radius 3 is 2.67 bits per heavy atom. The van der Waals surface area contributed by atoms with Crippen LogP contribution in [0.1, 0.15) is 32.2 Å². The number of esters is 1. The molecule has 0 atom stereocenters.